The van der Waals surface area contributed by atoms with Crippen molar-refractivity contribution in [3.63, 3.8) is 0 Å². The van der Waals surface area contributed by atoms with Crippen LogP contribution in [-0.2, 0) is 20.2 Å². The summed E-state index contributed by atoms with van der Waals surface area (Å²) in [6, 6.07) is 22.0. The Morgan fingerprint density at radius 2 is 1.48 bits per heavy atom. The Bertz CT molecular complexity index is 1150. The molecule has 0 aliphatic carbocycles. The number of rotatable bonds is 6. The van der Waals surface area contributed by atoms with Crippen LogP contribution >= 0.6 is 0 Å². The molecule has 0 aromatic heterocycles. The third-order valence-corrected chi connectivity index (χ3v) is 6.56. The lowest BCUT2D eigenvalue weighted by atomic mass is 9.85. The van der Waals surface area contributed by atoms with Crippen molar-refractivity contribution in [2.45, 2.75) is 38.0 Å². The van der Waals surface area contributed by atoms with Crippen LogP contribution in [-0.4, -0.2) is 20.9 Å². The van der Waals surface area contributed by atoms with E-state index in [0.29, 0.717) is 5.75 Å². The Balaban J connectivity index is 1.95. The van der Waals surface area contributed by atoms with Crippen LogP contribution in [0.15, 0.2) is 83.8 Å². The van der Waals surface area contributed by atoms with Crippen molar-refractivity contribution in [2.75, 3.05) is 10.9 Å². The zero-order valence-corrected chi connectivity index (χ0v) is 19.0. The van der Waals surface area contributed by atoms with Crippen molar-refractivity contribution < 1.29 is 17.9 Å². The Hall–Kier alpha value is -3.12. The molecular weight excluding hydrogens is 410 g/mol. The Kier molecular flexibility index (Phi) is 6.51. The van der Waals surface area contributed by atoms with Crippen molar-refractivity contribution in [3.05, 3.63) is 90.0 Å². The lowest BCUT2D eigenvalue weighted by Gasteiger charge is -2.25. The number of aryl methyl sites for hydroxylation is 1. The van der Waals surface area contributed by atoms with Crippen molar-refractivity contribution in [1.29, 1.82) is 0 Å². The maximum absolute atomic E-state index is 13.3. The second-order valence-corrected chi connectivity index (χ2v) is 10.1. The normalized spacial score (nSPS) is 11.7. The molecule has 0 fully saturated rings. The second kappa shape index (κ2) is 8.94. The first kappa shape index (κ1) is 22.6. The number of hydrogen-bond acceptors (Lipinski definition) is 4. The van der Waals surface area contributed by atoms with Gasteiger partial charge in [0.15, 0.2) is 6.61 Å². The van der Waals surface area contributed by atoms with Gasteiger partial charge in [0, 0.05) is 0 Å². The SMILES string of the molecule is Cc1ccc(OCC(=O)N(c2ccccc2)S(=O)(=O)c2ccccc2)c(C(C)(C)C)c1. The van der Waals surface area contributed by atoms with Gasteiger partial charge in [-0.05, 0) is 48.2 Å². The fourth-order valence-electron chi connectivity index (χ4n) is 3.23. The Morgan fingerprint density at radius 3 is 2.06 bits per heavy atom. The fraction of sp³-hybridized carbons (Fsp3) is 0.240. The van der Waals surface area contributed by atoms with E-state index < -0.39 is 22.5 Å². The molecule has 0 aliphatic heterocycles. The number of sulfonamides is 1. The summed E-state index contributed by atoms with van der Waals surface area (Å²) in [5, 5.41) is 0. The van der Waals surface area contributed by atoms with Gasteiger partial charge in [0.2, 0.25) is 0 Å². The average molecular weight is 438 g/mol. The summed E-state index contributed by atoms with van der Waals surface area (Å²) in [6.45, 7) is 7.77. The summed E-state index contributed by atoms with van der Waals surface area (Å²) in [5.74, 6) is -0.105. The van der Waals surface area contributed by atoms with E-state index in [0.717, 1.165) is 15.4 Å². The molecule has 0 aliphatic rings. The summed E-state index contributed by atoms with van der Waals surface area (Å²) in [4.78, 5) is 13.2. The molecule has 0 N–H and O–H groups in total. The maximum atomic E-state index is 13.3. The lowest BCUT2D eigenvalue weighted by molar-refractivity contribution is -0.119. The largest absolute Gasteiger partial charge is 0.483 e. The second-order valence-electron chi connectivity index (χ2n) is 8.35. The van der Waals surface area contributed by atoms with Crippen molar-refractivity contribution in [3.8, 4) is 5.75 Å². The molecule has 0 unspecified atom stereocenters. The summed E-state index contributed by atoms with van der Waals surface area (Å²) in [6.07, 6.45) is 0. The van der Waals surface area contributed by atoms with Crippen LogP contribution in [0.1, 0.15) is 31.9 Å². The van der Waals surface area contributed by atoms with E-state index in [-0.39, 0.29) is 16.0 Å². The van der Waals surface area contributed by atoms with Gasteiger partial charge in [0.1, 0.15) is 5.75 Å². The highest BCUT2D eigenvalue weighted by atomic mass is 32.2. The zero-order valence-electron chi connectivity index (χ0n) is 18.2. The summed E-state index contributed by atoms with van der Waals surface area (Å²) in [7, 11) is -4.10. The van der Waals surface area contributed by atoms with Crippen LogP contribution in [0, 0.1) is 6.92 Å². The van der Waals surface area contributed by atoms with E-state index >= 15 is 0 Å². The molecule has 31 heavy (non-hydrogen) atoms. The molecule has 0 saturated heterocycles. The van der Waals surface area contributed by atoms with Crippen molar-refractivity contribution in [2.24, 2.45) is 0 Å². The molecular formula is C25H27NO4S. The fourth-order valence-corrected chi connectivity index (χ4v) is 4.66. The Labute approximate surface area is 184 Å². The molecule has 3 aromatic carbocycles. The van der Waals surface area contributed by atoms with Gasteiger partial charge in [-0.1, -0.05) is 74.9 Å². The van der Waals surface area contributed by atoms with Crippen LogP contribution in [0.25, 0.3) is 0 Å². The van der Waals surface area contributed by atoms with Crippen LogP contribution in [0.4, 0.5) is 5.69 Å². The molecule has 0 saturated carbocycles. The molecule has 0 spiro atoms. The van der Waals surface area contributed by atoms with E-state index in [2.05, 4.69) is 20.8 Å². The predicted molar refractivity (Wildman–Crippen MR) is 123 cm³/mol. The van der Waals surface area contributed by atoms with E-state index in [1.165, 1.54) is 12.1 Å². The lowest BCUT2D eigenvalue weighted by Crippen LogP contribution is -2.40. The van der Waals surface area contributed by atoms with Crippen molar-refractivity contribution >= 4 is 21.6 Å². The Morgan fingerprint density at radius 1 is 0.903 bits per heavy atom. The first-order chi connectivity index (χ1) is 14.6. The molecule has 0 bridgehead atoms. The van der Waals surface area contributed by atoms with Crippen LogP contribution in [0.2, 0.25) is 0 Å². The molecule has 1 amide bonds. The number of carbonyl (C=O) groups is 1. The monoisotopic (exact) mass is 437 g/mol. The summed E-state index contributed by atoms with van der Waals surface area (Å²) >= 11 is 0. The number of ether oxygens (including phenoxy) is 1. The van der Waals surface area contributed by atoms with Gasteiger partial charge < -0.3 is 4.74 Å². The first-order valence-electron chi connectivity index (χ1n) is 10.0. The minimum atomic E-state index is -4.10. The maximum Gasteiger partial charge on any atom is 0.278 e. The highest BCUT2D eigenvalue weighted by molar-refractivity contribution is 7.93. The zero-order chi connectivity index (χ0) is 22.6. The van der Waals surface area contributed by atoms with E-state index in [9.17, 15) is 13.2 Å². The number of nitrogens with zero attached hydrogens (tertiary/aromatic N) is 1. The molecule has 5 nitrogen and oxygen atoms in total. The molecule has 3 rings (SSSR count). The van der Waals surface area contributed by atoms with Gasteiger partial charge in [-0.3, -0.25) is 4.79 Å². The average Bonchev–Trinajstić information content (AvgIpc) is 2.73. The number of hydrogen-bond donors (Lipinski definition) is 0. The van der Waals surface area contributed by atoms with Gasteiger partial charge in [-0.2, -0.15) is 4.31 Å². The van der Waals surface area contributed by atoms with Crippen LogP contribution in [0.5, 0.6) is 5.75 Å². The summed E-state index contributed by atoms with van der Waals surface area (Å²) in [5.41, 5.74) is 2.11. The van der Waals surface area contributed by atoms with Gasteiger partial charge in [0.05, 0.1) is 10.6 Å². The third kappa shape index (κ3) is 5.14. The van der Waals surface area contributed by atoms with Crippen LogP contribution < -0.4 is 9.04 Å². The minimum absolute atomic E-state index is 0.0397. The number of carbonyl (C=O) groups excluding carboxylic acids is 1. The van der Waals surface area contributed by atoms with Crippen LogP contribution in [0.3, 0.4) is 0 Å². The molecule has 6 heteroatoms. The van der Waals surface area contributed by atoms with Gasteiger partial charge in [0.25, 0.3) is 15.9 Å². The quantitative estimate of drug-likeness (QED) is 0.539. The molecule has 0 atom stereocenters. The molecule has 3 aromatic rings. The van der Waals surface area contributed by atoms with E-state index in [1.807, 2.05) is 25.1 Å². The van der Waals surface area contributed by atoms with Gasteiger partial charge in [-0.15, -0.1) is 0 Å². The van der Waals surface area contributed by atoms with Crippen molar-refractivity contribution in [1.82, 2.24) is 0 Å². The van der Waals surface area contributed by atoms with E-state index in [1.54, 1.807) is 48.5 Å². The summed E-state index contributed by atoms with van der Waals surface area (Å²) < 4.78 is 33.3. The molecule has 0 heterocycles. The topological polar surface area (TPSA) is 63.7 Å². The number of anilines is 1. The standard InChI is InChI=1S/C25H27NO4S/c1-19-15-16-23(22(17-19)25(2,3)4)30-18-24(27)26(20-11-7-5-8-12-20)31(28,29)21-13-9-6-10-14-21/h5-17H,18H2,1-4H3. The first-order valence-corrected chi connectivity index (χ1v) is 11.5. The van der Waals surface area contributed by atoms with E-state index in [4.69, 9.17) is 4.74 Å². The highest BCUT2D eigenvalue weighted by Gasteiger charge is 2.31. The molecule has 162 valence electrons. The van der Waals surface area contributed by atoms with Gasteiger partial charge in [-0.25, -0.2) is 8.42 Å². The predicted octanol–water partition coefficient (Wildman–Crippen LogP) is 5.09. The highest BCUT2D eigenvalue weighted by Crippen LogP contribution is 2.32. The number of benzene rings is 3. The number of amides is 1. The number of para-hydroxylation sites is 1. The van der Waals surface area contributed by atoms with Gasteiger partial charge >= 0.3 is 0 Å². The minimum Gasteiger partial charge on any atom is -0.483 e. The molecule has 0 radical (unpaired) electrons. The smallest absolute Gasteiger partial charge is 0.278 e. The third-order valence-electron chi connectivity index (χ3n) is 4.79.